The molecule has 0 aliphatic rings. The second-order valence-corrected chi connectivity index (χ2v) is 7.26. The van der Waals surface area contributed by atoms with Crippen molar-refractivity contribution in [2.45, 2.75) is 12.5 Å². The van der Waals surface area contributed by atoms with Gasteiger partial charge in [0.1, 0.15) is 6.04 Å². The van der Waals surface area contributed by atoms with Crippen LogP contribution in [0.4, 0.5) is 10.5 Å². The molecule has 0 radical (unpaired) electrons. The molecule has 180 valence electrons. The van der Waals surface area contributed by atoms with Crippen LogP contribution in [0.15, 0.2) is 79.1 Å². The number of nitrogens with zero attached hydrogens (tertiary/aromatic N) is 1. The van der Waals surface area contributed by atoms with Gasteiger partial charge in [-0.25, -0.2) is 9.59 Å². The average molecular weight is 477 g/mol. The third-order valence-electron chi connectivity index (χ3n) is 4.59. The van der Waals surface area contributed by atoms with E-state index in [4.69, 9.17) is 4.84 Å². The Bertz CT molecular complexity index is 1170. The fraction of sp³-hybridized carbons (Fsp3) is 0.125. The predicted molar refractivity (Wildman–Crippen MR) is 126 cm³/mol. The third kappa shape index (κ3) is 8.17. The van der Waals surface area contributed by atoms with E-state index in [2.05, 4.69) is 26.4 Å². The Morgan fingerprint density at radius 1 is 0.971 bits per heavy atom. The molecule has 0 fully saturated rings. The predicted octanol–water partition coefficient (Wildman–Crippen LogP) is 1.74. The Hall–Kier alpha value is -4.93. The lowest BCUT2D eigenvalue weighted by atomic mass is 10.1. The number of carboxylic acids is 1. The zero-order chi connectivity index (χ0) is 25.0. The summed E-state index contributed by atoms with van der Waals surface area (Å²) in [7, 11) is 0. The van der Waals surface area contributed by atoms with Gasteiger partial charge in [0.05, 0.1) is 6.54 Å². The maximum Gasteiger partial charge on any atom is 0.352 e. The van der Waals surface area contributed by atoms with Gasteiger partial charge in [0.25, 0.3) is 5.91 Å². The summed E-state index contributed by atoms with van der Waals surface area (Å²) < 4.78 is 0. The monoisotopic (exact) mass is 477 g/mol. The first-order valence-electron chi connectivity index (χ1n) is 10.5. The lowest BCUT2D eigenvalue weighted by Crippen LogP contribution is -2.46. The molecule has 1 atom stereocenters. The summed E-state index contributed by atoms with van der Waals surface area (Å²) >= 11 is 0. The fourth-order valence-corrected chi connectivity index (χ4v) is 2.95. The van der Waals surface area contributed by atoms with Gasteiger partial charge in [0.2, 0.25) is 5.91 Å². The van der Waals surface area contributed by atoms with Crippen molar-refractivity contribution < 1.29 is 29.1 Å². The van der Waals surface area contributed by atoms with Crippen LogP contribution >= 0.6 is 0 Å². The highest BCUT2D eigenvalue weighted by molar-refractivity contribution is 5.98. The fourth-order valence-electron chi connectivity index (χ4n) is 2.95. The second kappa shape index (κ2) is 12.3. The molecule has 0 bridgehead atoms. The lowest BCUT2D eigenvalue weighted by Gasteiger charge is -2.15. The first-order chi connectivity index (χ1) is 16.9. The van der Waals surface area contributed by atoms with E-state index < -0.39 is 36.4 Å². The molecule has 0 aliphatic carbocycles. The van der Waals surface area contributed by atoms with Gasteiger partial charge in [0, 0.05) is 30.1 Å². The number of aromatic nitrogens is 1. The average Bonchev–Trinajstić information content (AvgIpc) is 2.87. The number of carboxylic acid groups (broad SMARTS) is 1. The van der Waals surface area contributed by atoms with Crippen molar-refractivity contribution in [2.75, 3.05) is 11.9 Å². The summed E-state index contributed by atoms with van der Waals surface area (Å²) in [5.41, 5.74) is 3.37. The van der Waals surface area contributed by atoms with Crippen LogP contribution < -0.4 is 26.3 Å². The van der Waals surface area contributed by atoms with E-state index in [0.29, 0.717) is 17.0 Å². The Morgan fingerprint density at radius 3 is 2.49 bits per heavy atom. The number of nitrogens with one attached hydrogen (secondary N) is 4. The Labute approximate surface area is 200 Å². The molecule has 0 spiro atoms. The number of aliphatic carboxylic acids is 1. The van der Waals surface area contributed by atoms with E-state index in [9.17, 15) is 24.3 Å². The van der Waals surface area contributed by atoms with Gasteiger partial charge in [-0.2, -0.15) is 5.48 Å². The maximum atomic E-state index is 12.4. The van der Waals surface area contributed by atoms with Crippen molar-refractivity contribution in [3.05, 3.63) is 90.3 Å². The Morgan fingerprint density at radius 2 is 1.77 bits per heavy atom. The number of carbonyl (C=O) groups excluding carboxylic acids is 3. The van der Waals surface area contributed by atoms with E-state index in [0.717, 1.165) is 0 Å². The number of amides is 4. The number of pyridine rings is 1. The summed E-state index contributed by atoms with van der Waals surface area (Å²) in [5.74, 6) is -2.01. The molecule has 3 rings (SSSR count). The maximum absolute atomic E-state index is 12.4. The SMILES string of the molecule is O=C(CNC(=O)c1cccc(NC(=O)NOc2ccccc2)c1)NC(Cc1cccnc1)C(=O)O. The summed E-state index contributed by atoms with van der Waals surface area (Å²) in [4.78, 5) is 57.2. The van der Waals surface area contributed by atoms with Crippen LogP contribution in [0, 0.1) is 0 Å². The largest absolute Gasteiger partial charge is 0.480 e. The lowest BCUT2D eigenvalue weighted by molar-refractivity contribution is -0.141. The summed E-state index contributed by atoms with van der Waals surface area (Å²) in [5, 5.41) is 16.7. The minimum atomic E-state index is -1.21. The Kier molecular flexibility index (Phi) is 8.72. The van der Waals surface area contributed by atoms with Crippen LogP contribution in [0.5, 0.6) is 5.75 Å². The van der Waals surface area contributed by atoms with E-state index in [1.54, 1.807) is 60.8 Å². The number of hydrogen-bond acceptors (Lipinski definition) is 6. The van der Waals surface area contributed by atoms with E-state index in [-0.39, 0.29) is 12.0 Å². The number of urea groups is 1. The highest BCUT2D eigenvalue weighted by atomic mass is 16.7. The normalized spacial score (nSPS) is 11.0. The minimum Gasteiger partial charge on any atom is -0.480 e. The quantitative estimate of drug-likeness (QED) is 0.278. The van der Waals surface area contributed by atoms with Gasteiger partial charge < -0.3 is 25.9 Å². The number of rotatable bonds is 10. The molecule has 0 aliphatic heterocycles. The van der Waals surface area contributed by atoms with Crippen molar-refractivity contribution in [2.24, 2.45) is 0 Å². The highest BCUT2D eigenvalue weighted by Crippen LogP contribution is 2.11. The van der Waals surface area contributed by atoms with Gasteiger partial charge in [-0.05, 0) is 42.0 Å². The van der Waals surface area contributed by atoms with Crippen LogP contribution in [0.25, 0.3) is 0 Å². The van der Waals surface area contributed by atoms with Gasteiger partial charge in [-0.3, -0.25) is 14.6 Å². The van der Waals surface area contributed by atoms with Gasteiger partial charge >= 0.3 is 12.0 Å². The van der Waals surface area contributed by atoms with Crippen molar-refractivity contribution in [1.29, 1.82) is 0 Å². The topological polar surface area (TPSA) is 159 Å². The van der Waals surface area contributed by atoms with Crippen molar-refractivity contribution >= 4 is 29.5 Å². The highest BCUT2D eigenvalue weighted by Gasteiger charge is 2.21. The first kappa shape index (κ1) is 24.7. The summed E-state index contributed by atoms with van der Waals surface area (Å²) in [6.45, 7) is -0.432. The molecular weight excluding hydrogens is 454 g/mol. The second-order valence-electron chi connectivity index (χ2n) is 7.26. The molecule has 11 nitrogen and oxygen atoms in total. The number of para-hydroxylation sites is 1. The molecule has 0 saturated carbocycles. The Balaban J connectivity index is 1.48. The molecule has 1 unspecified atom stereocenters. The standard InChI is InChI=1S/C24H23N5O6/c30-21(28-20(23(32)33)12-16-6-5-11-25-14-16)15-26-22(31)17-7-4-8-18(13-17)27-24(34)29-35-19-9-2-1-3-10-19/h1-11,13-14,20H,12,15H2,(H,26,31)(H,28,30)(H,32,33)(H2,27,29,34). The molecule has 1 aromatic heterocycles. The molecule has 0 saturated heterocycles. The third-order valence-corrected chi connectivity index (χ3v) is 4.59. The molecule has 3 aromatic rings. The van der Waals surface area contributed by atoms with Gasteiger partial charge in [0.15, 0.2) is 5.75 Å². The van der Waals surface area contributed by atoms with Crippen LogP contribution in [0.2, 0.25) is 0 Å². The van der Waals surface area contributed by atoms with Crippen molar-refractivity contribution in [3.63, 3.8) is 0 Å². The van der Waals surface area contributed by atoms with Crippen LogP contribution in [-0.4, -0.2) is 46.5 Å². The molecule has 1 heterocycles. The molecule has 5 N–H and O–H groups in total. The number of anilines is 1. The zero-order valence-electron chi connectivity index (χ0n) is 18.4. The molecule has 11 heteroatoms. The molecule has 4 amide bonds. The van der Waals surface area contributed by atoms with Crippen LogP contribution in [0.1, 0.15) is 15.9 Å². The van der Waals surface area contributed by atoms with Crippen LogP contribution in [-0.2, 0) is 16.0 Å². The molecule has 35 heavy (non-hydrogen) atoms. The molecule has 2 aromatic carbocycles. The number of carbonyl (C=O) groups is 4. The van der Waals surface area contributed by atoms with Crippen molar-refractivity contribution in [3.8, 4) is 5.75 Å². The minimum absolute atomic E-state index is 0.0482. The zero-order valence-corrected chi connectivity index (χ0v) is 18.4. The van der Waals surface area contributed by atoms with Gasteiger partial charge in [-0.15, -0.1) is 0 Å². The van der Waals surface area contributed by atoms with E-state index in [1.807, 2.05) is 0 Å². The van der Waals surface area contributed by atoms with E-state index >= 15 is 0 Å². The summed E-state index contributed by atoms with van der Waals surface area (Å²) in [6.07, 6.45) is 3.12. The van der Waals surface area contributed by atoms with Crippen molar-refractivity contribution in [1.82, 2.24) is 21.1 Å². The number of benzene rings is 2. The molecular formula is C24H23N5O6. The smallest absolute Gasteiger partial charge is 0.352 e. The van der Waals surface area contributed by atoms with Crippen LogP contribution in [0.3, 0.4) is 0 Å². The van der Waals surface area contributed by atoms with Gasteiger partial charge in [-0.1, -0.05) is 30.3 Å². The number of hydrogen-bond donors (Lipinski definition) is 5. The number of hydroxylamine groups is 1. The van der Waals surface area contributed by atoms with E-state index in [1.165, 1.54) is 18.3 Å². The first-order valence-corrected chi connectivity index (χ1v) is 10.5. The summed E-state index contributed by atoms with van der Waals surface area (Å²) in [6, 6.07) is 16.2.